The van der Waals surface area contributed by atoms with Gasteiger partial charge in [-0.05, 0) is 124 Å². The molecule has 0 saturated carbocycles. The third-order valence-electron chi connectivity index (χ3n) is 12.5. The smallest absolute Gasteiger partial charge is 0.149 e. The van der Waals surface area contributed by atoms with Gasteiger partial charge < -0.3 is 5.11 Å². The van der Waals surface area contributed by atoms with Crippen LogP contribution in [0.15, 0.2) is 140 Å². The van der Waals surface area contributed by atoms with Crippen LogP contribution in [0.2, 0.25) is 0 Å². The number of imidazole rings is 1. The molecule has 0 aliphatic rings. The Hall–Kier alpha value is -6.26. The van der Waals surface area contributed by atoms with Crippen LogP contribution in [-0.2, 0) is 16.2 Å². The maximum atomic E-state index is 12.3. The fourth-order valence-corrected chi connectivity index (χ4v) is 8.36. The second-order valence-corrected chi connectivity index (χ2v) is 19.6. The molecule has 4 heteroatoms. The van der Waals surface area contributed by atoms with Crippen molar-refractivity contribution >= 4 is 11.0 Å². The van der Waals surface area contributed by atoms with E-state index in [9.17, 15) is 5.11 Å². The molecule has 0 aliphatic heterocycles. The van der Waals surface area contributed by atoms with Crippen LogP contribution in [0.5, 0.6) is 5.75 Å². The summed E-state index contributed by atoms with van der Waals surface area (Å²) in [7, 11) is 0. The van der Waals surface area contributed by atoms with Crippen molar-refractivity contribution in [1.82, 2.24) is 14.5 Å². The summed E-state index contributed by atoms with van der Waals surface area (Å²) in [6, 6.07) is 48.1. The maximum absolute atomic E-state index is 12.3. The monoisotopic (exact) mass is 801 g/mol. The maximum Gasteiger partial charge on any atom is 0.149 e. The number of rotatable bonds is 8. The van der Waals surface area contributed by atoms with E-state index in [1.165, 1.54) is 22.3 Å². The zero-order chi connectivity index (χ0) is 43.4. The van der Waals surface area contributed by atoms with Gasteiger partial charge in [-0.3, -0.25) is 9.55 Å². The Morgan fingerprint density at radius 3 is 1.95 bits per heavy atom. The van der Waals surface area contributed by atoms with Gasteiger partial charge >= 0.3 is 0 Å². The molecule has 0 bridgehead atoms. The van der Waals surface area contributed by atoms with Gasteiger partial charge in [0.1, 0.15) is 11.6 Å². The number of nitrogens with zero attached hydrogens (tertiary/aromatic N) is 3. The Balaban J connectivity index is 1.43. The molecule has 2 heterocycles. The first-order valence-corrected chi connectivity index (χ1v) is 21.7. The molecule has 0 spiro atoms. The number of fused-ring (bicyclic) bond motifs is 1. The lowest BCUT2D eigenvalue weighted by atomic mass is 9.81. The molecule has 0 fully saturated rings. The minimum Gasteiger partial charge on any atom is -0.507 e. The SMILES string of the molecule is CCC(C)(C)c1ccc(-n2c(-c3cc(C)cc(C(C)(C)C)c3O)nc3c(-c4cc(-c5cc(-c6ccc(C)cc6)ccn5)cc(C(C)(C)C)c4)cccc32)c(-c2ccccc2)c1. The fourth-order valence-electron chi connectivity index (χ4n) is 8.36. The Labute approximate surface area is 363 Å². The van der Waals surface area contributed by atoms with E-state index in [4.69, 9.17) is 9.97 Å². The van der Waals surface area contributed by atoms with Crippen LogP contribution in [0.4, 0.5) is 0 Å². The molecule has 0 radical (unpaired) electrons. The second-order valence-electron chi connectivity index (χ2n) is 19.6. The van der Waals surface area contributed by atoms with Crippen molar-refractivity contribution < 1.29 is 5.11 Å². The van der Waals surface area contributed by atoms with E-state index in [2.05, 4.69) is 214 Å². The summed E-state index contributed by atoms with van der Waals surface area (Å²) in [4.78, 5) is 10.6. The van der Waals surface area contributed by atoms with Crippen LogP contribution in [0, 0.1) is 13.8 Å². The molecule has 4 nitrogen and oxygen atoms in total. The lowest BCUT2D eigenvalue weighted by molar-refractivity contribution is 0.448. The quantitative estimate of drug-likeness (QED) is 0.166. The average Bonchev–Trinajstić information content (AvgIpc) is 3.63. The van der Waals surface area contributed by atoms with Gasteiger partial charge in [0.2, 0.25) is 0 Å². The van der Waals surface area contributed by atoms with E-state index in [1.807, 2.05) is 6.20 Å². The molecule has 0 atom stereocenters. The van der Waals surface area contributed by atoms with Crippen molar-refractivity contribution in [2.75, 3.05) is 0 Å². The highest BCUT2D eigenvalue weighted by Crippen LogP contribution is 2.45. The van der Waals surface area contributed by atoms with E-state index in [0.29, 0.717) is 11.4 Å². The molecule has 308 valence electrons. The van der Waals surface area contributed by atoms with Crippen molar-refractivity contribution in [2.24, 2.45) is 0 Å². The fraction of sp³-hybridized carbons (Fsp3) is 0.263. The first-order valence-electron chi connectivity index (χ1n) is 21.7. The van der Waals surface area contributed by atoms with Gasteiger partial charge in [0.25, 0.3) is 0 Å². The topological polar surface area (TPSA) is 50.9 Å². The number of hydrogen-bond acceptors (Lipinski definition) is 3. The van der Waals surface area contributed by atoms with Gasteiger partial charge in [-0.25, -0.2) is 4.98 Å². The summed E-state index contributed by atoms with van der Waals surface area (Å²) in [5, 5.41) is 12.3. The first-order chi connectivity index (χ1) is 28.9. The number of hydrogen-bond donors (Lipinski definition) is 1. The van der Waals surface area contributed by atoms with Crippen molar-refractivity contribution in [2.45, 2.75) is 98.8 Å². The first kappa shape index (κ1) is 41.5. The lowest BCUT2D eigenvalue weighted by Crippen LogP contribution is -2.16. The molecule has 0 amide bonds. The zero-order valence-electron chi connectivity index (χ0n) is 37.8. The van der Waals surface area contributed by atoms with Gasteiger partial charge in [-0.1, -0.05) is 153 Å². The van der Waals surface area contributed by atoms with Crippen molar-refractivity contribution in [3.8, 4) is 67.5 Å². The van der Waals surface area contributed by atoms with E-state index < -0.39 is 0 Å². The normalized spacial score (nSPS) is 12.3. The molecule has 8 rings (SSSR count). The van der Waals surface area contributed by atoms with Crippen LogP contribution in [0.25, 0.3) is 72.7 Å². The zero-order valence-corrected chi connectivity index (χ0v) is 37.8. The largest absolute Gasteiger partial charge is 0.507 e. The Morgan fingerprint density at radius 2 is 1.26 bits per heavy atom. The molecule has 6 aromatic carbocycles. The van der Waals surface area contributed by atoms with Gasteiger partial charge in [0, 0.05) is 28.5 Å². The molecular weight excluding hydrogens is 743 g/mol. The predicted octanol–water partition coefficient (Wildman–Crippen LogP) is 15.4. The number of para-hydroxylation sites is 1. The summed E-state index contributed by atoms with van der Waals surface area (Å²) in [5.74, 6) is 0.964. The van der Waals surface area contributed by atoms with Crippen LogP contribution in [0.3, 0.4) is 0 Å². The summed E-state index contributed by atoms with van der Waals surface area (Å²) >= 11 is 0. The van der Waals surface area contributed by atoms with Crippen molar-refractivity contribution in [3.05, 3.63) is 167 Å². The van der Waals surface area contributed by atoms with Crippen LogP contribution in [-0.4, -0.2) is 19.6 Å². The molecule has 8 aromatic rings. The van der Waals surface area contributed by atoms with E-state index in [0.717, 1.165) is 73.3 Å². The van der Waals surface area contributed by atoms with Crippen LogP contribution < -0.4 is 0 Å². The lowest BCUT2D eigenvalue weighted by Gasteiger charge is -2.26. The number of aromatic hydroxyl groups is 1. The molecule has 2 aromatic heterocycles. The van der Waals surface area contributed by atoms with Gasteiger partial charge in [0.05, 0.1) is 28.0 Å². The van der Waals surface area contributed by atoms with Gasteiger partial charge in [-0.2, -0.15) is 0 Å². The molecule has 0 aliphatic carbocycles. The van der Waals surface area contributed by atoms with E-state index in [-0.39, 0.29) is 22.0 Å². The number of pyridine rings is 1. The number of phenols is 1. The summed E-state index contributed by atoms with van der Waals surface area (Å²) < 4.78 is 2.28. The molecule has 1 N–H and O–H groups in total. The van der Waals surface area contributed by atoms with Crippen molar-refractivity contribution in [3.63, 3.8) is 0 Å². The van der Waals surface area contributed by atoms with Crippen LogP contribution in [0.1, 0.15) is 96.6 Å². The predicted molar refractivity (Wildman–Crippen MR) is 258 cm³/mol. The minimum absolute atomic E-state index is 0.0181. The Morgan fingerprint density at radius 1 is 0.541 bits per heavy atom. The van der Waals surface area contributed by atoms with E-state index in [1.54, 1.807) is 0 Å². The number of aryl methyl sites for hydroxylation is 2. The van der Waals surface area contributed by atoms with Crippen molar-refractivity contribution in [1.29, 1.82) is 0 Å². The third kappa shape index (κ3) is 8.04. The third-order valence-corrected chi connectivity index (χ3v) is 12.5. The highest BCUT2D eigenvalue weighted by molar-refractivity contribution is 5.98. The van der Waals surface area contributed by atoms with Gasteiger partial charge in [0.15, 0.2) is 0 Å². The number of phenolic OH excluding ortho intramolecular Hbond substituents is 1. The summed E-state index contributed by atoms with van der Waals surface area (Å²) in [6.07, 6.45) is 2.93. The Kier molecular flexibility index (Phi) is 10.6. The minimum atomic E-state index is -0.288. The molecule has 0 unspecified atom stereocenters. The molecule has 61 heavy (non-hydrogen) atoms. The average molecular weight is 802 g/mol. The van der Waals surface area contributed by atoms with Crippen LogP contribution >= 0.6 is 0 Å². The van der Waals surface area contributed by atoms with E-state index >= 15 is 0 Å². The summed E-state index contributed by atoms with van der Waals surface area (Å²) in [6.45, 7) is 24.4. The Bertz CT molecular complexity index is 2900. The molecule has 0 saturated heterocycles. The number of aromatic nitrogens is 3. The highest BCUT2D eigenvalue weighted by atomic mass is 16.3. The number of benzene rings is 6. The highest BCUT2D eigenvalue weighted by Gasteiger charge is 2.28. The standard InChI is InChI=1S/C57H59N3O/c1-12-57(10,11)43-25-26-50(46(35-43)39-17-14-13-15-18-39)60-51-20-16-19-45(52(51)59-54(60)47-29-37(3)30-48(53(47)61)56(7,8)9)41-31-42(33-44(32-41)55(4,5)6)49-34-40(27-28-58-49)38-23-21-36(2)22-24-38/h13-35,61H,12H2,1-11H3. The molecular formula is C57H59N3O. The second kappa shape index (κ2) is 15.6. The van der Waals surface area contributed by atoms with Gasteiger partial charge in [-0.15, -0.1) is 0 Å². The summed E-state index contributed by atoms with van der Waals surface area (Å²) in [5.41, 5.74) is 17.4.